The van der Waals surface area contributed by atoms with Crippen molar-refractivity contribution in [2.45, 2.75) is 12.5 Å². The van der Waals surface area contributed by atoms with E-state index in [-0.39, 0.29) is 44.5 Å². The summed E-state index contributed by atoms with van der Waals surface area (Å²) < 4.78 is 0. The number of carboxylic acid groups (broad SMARTS) is 3. The van der Waals surface area contributed by atoms with Gasteiger partial charge < -0.3 is 15.3 Å². The van der Waals surface area contributed by atoms with E-state index in [9.17, 15) is 34.7 Å². The first kappa shape index (κ1) is 24.2. The van der Waals surface area contributed by atoms with E-state index in [4.69, 9.17) is 5.11 Å². The number of non-ortho nitro benzene ring substituents is 1. The second-order valence-electron chi connectivity index (χ2n) is 7.44. The molecule has 1 unspecified atom stereocenters. The predicted octanol–water partition coefficient (Wildman–Crippen LogP) is -0.321. The molecule has 0 radical (unpaired) electrons. The number of aliphatic carboxylic acids is 3. The Hall–Kier alpha value is -3.09. The Morgan fingerprint density at radius 1 is 0.871 bits per heavy atom. The Kier molecular flexibility index (Phi) is 8.85. The third-order valence-corrected chi connectivity index (χ3v) is 5.10. The molecule has 1 aliphatic heterocycles. The molecule has 1 heterocycles. The van der Waals surface area contributed by atoms with E-state index in [1.807, 2.05) is 0 Å². The van der Waals surface area contributed by atoms with Gasteiger partial charge in [-0.2, -0.15) is 0 Å². The molecule has 1 fully saturated rings. The minimum absolute atomic E-state index is 0.0579. The summed E-state index contributed by atoms with van der Waals surface area (Å²) in [7, 11) is 0. The molecule has 2 rings (SSSR count). The Labute approximate surface area is 178 Å². The van der Waals surface area contributed by atoms with Crippen molar-refractivity contribution < 1.29 is 34.6 Å². The molecule has 12 heteroatoms. The molecule has 170 valence electrons. The van der Waals surface area contributed by atoms with Crippen LogP contribution in [0.3, 0.4) is 0 Å². The van der Waals surface area contributed by atoms with Crippen LogP contribution in [0.15, 0.2) is 24.3 Å². The van der Waals surface area contributed by atoms with Crippen LogP contribution in [-0.2, 0) is 20.8 Å². The van der Waals surface area contributed by atoms with Gasteiger partial charge in [0.15, 0.2) is 0 Å². The third kappa shape index (κ3) is 8.28. The van der Waals surface area contributed by atoms with Gasteiger partial charge in [-0.05, 0) is 12.0 Å². The summed E-state index contributed by atoms with van der Waals surface area (Å²) in [6.07, 6.45) is 0.361. The monoisotopic (exact) mass is 438 g/mol. The molecule has 1 aromatic carbocycles. The topological polar surface area (TPSA) is 165 Å². The van der Waals surface area contributed by atoms with Crippen molar-refractivity contribution in [1.29, 1.82) is 0 Å². The molecule has 0 saturated carbocycles. The first-order valence-electron chi connectivity index (χ1n) is 9.71. The van der Waals surface area contributed by atoms with Gasteiger partial charge in [0.05, 0.1) is 24.6 Å². The predicted molar refractivity (Wildman–Crippen MR) is 108 cm³/mol. The summed E-state index contributed by atoms with van der Waals surface area (Å²) in [6, 6.07) is 5.57. The fourth-order valence-corrected chi connectivity index (χ4v) is 3.64. The van der Waals surface area contributed by atoms with E-state index in [1.165, 1.54) is 12.1 Å². The van der Waals surface area contributed by atoms with Crippen LogP contribution >= 0.6 is 0 Å². The van der Waals surface area contributed by atoms with Crippen LogP contribution in [0, 0.1) is 10.1 Å². The second kappa shape index (κ2) is 11.3. The molecule has 1 atom stereocenters. The highest BCUT2D eigenvalue weighted by Crippen LogP contribution is 2.17. The van der Waals surface area contributed by atoms with E-state index in [0.29, 0.717) is 26.1 Å². The fraction of sp³-hybridized carbons (Fsp3) is 0.526. The van der Waals surface area contributed by atoms with Crippen molar-refractivity contribution in [3.8, 4) is 0 Å². The summed E-state index contributed by atoms with van der Waals surface area (Å²) in [5.74, 6) is -3.11. The Morgan fingerprint density at radius 2 is 1.39 bits per heavy atom. The number of carboxylic acids is 3. The van der Waals surface area contributed by atoms with Gasteiger partial charge in [0.1, 0.15) is 0 Å². The maximum Gasteiger partial charge on any atom is 0.317 e. The van der Waals surface area contributed by atoms with E-state index in [2.05, 4.69) is 0 Å². The molecule has 1 aromatic rings. The van der Waals surface area contributed by atoms with E-state index in [0.717, 1.165) is 5.56 Å². The average Bonchev–Trinajstić information content (AvgIpc) is 2.73. The lowest BCUT2D eigenvalue weighted by atomic mass is 10.0. The Morgan fingerprint density at radius 3 is 1.94 bits per heavy atom. The van der Waals surface area contributed by atoms with Gasteiger partial charge in [0.2, 0.25) is 0 Å². The average molecular weight is 438 g/mol. The van der Waals surface area contributed by atoms with E-state index in [1.54, 1.807) is 26.8 Å². The summed E-state index contributed by atoms with van der Waals surface area (Å²) in [4.78, 5) is 49.3. The number of carbonyl (C=O) groups is 3. The normalized spacial score (nSPS) is 19.2. The largest absolute Gasteiger partial charge is 0.480 e. The van der Waals surface area contributed by atoms with Crippen molar-refractivity contribution in [1.82, 2.24) is 14.7 Å². The zero-order chi connectivity index (χ0) is 23.0. The fourth-order valence-electron chi connectivity index (χ4n) is 3.64. The molecule has 3 N–H and O–H groups in total. The highest BCUT2D eigenvalue weighted by atomic mass is 16.6. The summed E-state index contributed by atoms with van der Waals surface area (Å²) in [6.45, 7) is 0.738. The quantitative estimate of drug-likeness (QED) is 0.342. The number of hydrogen-bond donors (Lipinski definition) is 3. The van der Waals surface area contributed by atoms with Crippen LogP contribution in [0.1, 0.15) is 5.56 Å². The van der Waals surface area contributed by atoms with Crippen LogP contribution < -0.4 is 0 Å². The lowest BCUT2D eigenvalue weighted by Crippen LogP contribution is -2.49. The lowest BCUT2D eigenvalue weighted by molar-refractivity contribution is -0.384. The standard InChI is InChI=1S/C19H26N4O8/c24-17(25)11-20-5-6-21(12-18(26)27)10-16(22(8-7-20)13-19(28)29)9-14-1-3-15(4-2-14)23(30)31/h1-4,16H,5-13H2,(H,24,25)(H,26,27)(H,28,29). The summed E-state index contributed by atoms with van der Waals surface area (Å²) >= 11 is 0. The number of nitro benzene ring substituents is 1. The molecular weight excluding hydrogens is 412 g/mol. The highest BCUT2D eigenvalue weighted by molar-refractivity contribution is 5.70. The molecule has 0 bridgehead atoms. The van der Waals surface area contributed by atoms with Crippen LogP contribution in [0.4, 0.5) is 5.69 Å². The SMILES string of the molecule is O=C(O)CN1CCN(CC(=O)O)CC(Cc2ccc([N+](=O)[O-])cc2)N(CC(=O)O)CC1. The molecular formula is C19H26N4O8. The van der Waals surface area contributed by atoms with Crippen molar-refractivity contribution in [2.75, 3.05) is 52.4 Å². The summed E-state index contributed by atoms with van der Waals surface area (Å²) in [5, 5.41) is 38.6. The molecule has 0 spiro atoms. The zero-order valence-electron chi connectivity index (χ0n) is 16.9. The molecule has 1 saturated heterocycles. The Balaban J connectivity index is 2.28. The molecule has 0 aromatic heterocycles. The van der Waals surface area contributed by atoms with Crippen molar-refractivity contribution in [3.63, 3.8) is 0 Å². The van der Waals surface area contributed by atoms with Crippen LogP contribution in [0.5, 0.6) is 0 Å². The maximum atomic E-state index is 11.5. The number of rotatable bonds is 9. The van der Waals surface area contributed by atoms with E-state index >= 15 is 0 Å². The number of hydrogen-bond acceptors (Lipinski definition) is 8. The van der Waals surface area contributed by atoms with Crippen LogP contribution in [-0.4, -0.2) is 111 Å². The van der Waals surface area contributed by atoms with Crippen LogP contribution in [0.2, 0.25) is 0 Å². The Bertz CT molecular complexity index is 801. The van der Waals surface area contributed by atoms with Crippen LogP contribution in [0.25, 0.3) is 0 Å². The minimum Gasteiger partial charge on any atom is -0.480 e. The van der Waals surface area contributed by atoms with Gasteiger partial charge >= 0.3 is 17.9 Å². The van der Waals surface area contributed by atoms with Gasteiger partial charge in [-0.25, -0.2) is 0 Å². The minimum atomic E-state index is -1.05. The van der Waals surface area contributed by atoms with Gasteiger partial charge in [-0.1, -0.05) is 12.1 Å². The molecule has 12 nitrogen and oxygen atoms in total. The van der Waals surface area contributed by atoms with Crippen molar-refractivity contribution in [3.05, 3.63) is 39.9 Å². The van der Waals surface area contributed by atoms with Gasteiger partial charge in [0, 0.05) is 50.9 Å². The zero-order valence-corrected chi connectivity index (χ0v) is 16.9. The number of nitrogens with zero attached hydrogens (tertiary/aromatic N) is 4. The molecule has 31 heavy (non-hydrogen) atoms. The molecule has 0 amide bonds. The third-order valence-electron chi connectivity index (χ3n) is 5.10. The first-order valence-corrected chi connectivity index (χ1v) is 9.71. The van der Waals surface area contributed by atoms with E-state index < -0.39 is 22.8 Å². The highest BCUT2D eigenvalue weighted by Gasteiger charge is 2.28. The molecule has 0 aliphatic carbocycles. The van der Waals surface area contributed by atoms with Crippen molar-refractivity contribution in [2.24, 2.45) is 0 Å². The maximum absolute atomic E-state index is 11.5. The number of nitro groups is 1. The van der Waals surface area contributed by atoms with Crippen molar-refractivity contribution >= 4 is 23.6 Å². The second-order valence-corrected chi connectivity index (χ2v) is 7.44. The van der Waals surface area contributed by atoms with Gasteiger partial charge in [-0.15, -0.1) is 0 Å². The van der Waals surface area contributed by atoms with Gasteiger partial charge in [0.25, 0.3) is 5.69 Å². The smallest absolute Gasteiger partial charge is 0.317 e. The molecule has 1 aliphatic rings. The first-order chi connectivity index (χ1) is 14.6. The number of benzene rings is 1. The lowest BCUT2D eigenvalue weighted by Gasteiger charge is -2.33. The van der Waals surface area contributed by atoms with Gasteiger partial charge in [-0.3, -0.25) is 39.2 Å². The summed E-state index contributed by atoms with van der Waals surface area (Å²) in [5.41, 5.74) is 0.695.